The van der Waals surface area contributed by atoms with E-state index in [1.807, 2.05) is 43.3 Å². The van der Waals surface area contributed by atoms with Crippen LogP contribution in [0, 0.1) is 12.8 Å². The molecule has 0 bridgehead atoms. The highest BCUT2D eigenvalue weighted by Crippen LogP contribution is 2.42. The molecule has 3 heterocycles. The second-order valence-electron chi connectivity index (χ2n) is 9.87. The van der Waals surface area contributed by atoms with Crippen LogP contribution in [0.25, 0.3) is 11.0 Å². The molecule has 2 aromatic heterocycles. The first-order chi connectivity index (χ1) is 20.4. The van der Waals surface area contributed by atoms with Crippen LogP contribution in [0.4, 0.5) is 5.82 Å². The van der Waals surface area contributed by atoms with Crippen molar-refractivity contribution < 1.29 is 19.1 Å². The fraction of sp³-hybridized carbons (Fsp3) is 0.281. The number of hydrogen-bond donors (Lipinski definition) is 1. The van der Waals surface area contributed by atoms with E-state index >= 15 is 0 Å². The van der Waals surface area contributed by atoms with Crippen LogP contribution in [-0.4, -0.2) is 51.9 Å². The van der Waals surface area contributed by atoms with Gasteiger partial charge in [0.1, 0.15) is 11.6 Å². The summed E-state index contributed by atoms with van der Waals surface area (Å²) in [5.41, 5.74) is 3.75. The van der Waals surface area contributed by atoms with E-state index in [1.54, 1.807) is 50.4 Å². The largest absolute Gasteiger partial charge is 0.463 e. The lowest BCUT2D eigenvalue weighted by Crippen LogP contribution is -2.39. The molecule has 0 radical (unpaired) electrons. The first-order valence-corrected chi connectivity index (χ1v) is 14.2. The molecule has 0 aliphatic carbocycles. The number of nitrogens with zero attached hydrogens (tertiary/aromatic N) is 4. The average Bonchev–Trinajstić information content (AvgIpc) is 3.30. The van der Waals surface area contributed by atoms with Crippen LogP contribution in [-0.2, 0) is 25.6 Å². The zero-order valence-corrected chi connectivity index (χ0v) is 24.5. The molecule has 1 aliphatic rings. The number of pyridine rings is 1. The van der Waals surface area contributed by atoms with Crippen LogP contribution < -0.4 is 5.32 Å². The summed E-state index contributed by atoms with van der Waals surface area (Å²) in [5.74, 6) is -1.23. The number of rotatable bonds is 10. The van der Waals surface area contributed by atoms with Crippen LogP contribution in [0.2, 0.25) is 5.02 Å². The average molecular weight is 586 g/mol. The molecule has 2 aromatic carbocycles. The van der Waals surface area contributed by atoms with Crippen LogP contribution in [0.1, 0.15) is 31.2 Å². The Kier molecular flexibility index (Phi) is 9.09. The Morgan fingerprint density at radius 3 is 2.55 bits per heavy atom. The number of amides is 1. The van der Waals surface area contributed by atoms with E-state index in [4.69, 9.17) is 26.1 Å². The minimum Gasteiger partial charge on any atom is -0.463 e. The van der Waals surface area contributed by atoms with Crippen molar-refractivity contribution in [3.8, 4) is 0 Å². The number of imidazole rings is 1. The summed E-state index contributed by atoms with van der Waals surface area (Å²) in [6, 6.07) is 20.4. The Bertz CT molecular complexity index is 1660. The first kappa shape index (κ1) is 29.2. The van der Waals surface area contributed by atoms with Gasteiger partial charge >= 0.3 is 5.97 Å². The fourth-order valence-electron chi connectivity index (χ4n) is 5.34. The number of aryl methyl sites for hydroxylation is 1. The smallest absolute Gasteiger partial charge is 0.336 e. The highest BCUT2D eigenvalue weighted by Gasteiger charge is 2.43. The highest BCUT2D eigenvalue weighted by atomic mass is 35.5. The minimum absolute atomic E-state index is 0.0483. The van der Waals surface area contributed by atoms with Crippen molar-refractivity contribution in [2.24, 2.45) is 10.9 Å². The van der Waals surface area contributed by atoms with Crippen molar-refractivity contribution in [3.63, 3.8) is 0 Å². The number of anilines is 1. The molecule has 0 saturated heterocycles. The zero-order valence-electron chi connectivity index (χ0n) is 23.7. The molecule has 1 aliphatic heterocycles. The second kappa shape index (κ2) is 13.1. The summed E-state index contributed by atoms with van der Waals surface area (Å²) in [4.78, 5) is 40.9. The first-order valence-electron chi connectivity index (χ1n) is 13.8. The number of halogens is 1. The number of aliphatic imine (C=N–C) groups is 1. The van der Waals surface area contributed by atoms with Gasteiger partial charge in [-0.25, -0.2) is 14.8 Å². The Labute approximate surface area is 249 Å². The van der Waals surface area contributed by atoms with Crippen LogP contribution in [0.3, 0.4) is 0 Å². The van der Waals surface area contributed by atoms with Crippen molar-refractivity contribution in [3.05, 3.63) is 101 Å². The van der Waals surface area contributed by atoms with Gasteiger partial charge in [0.25, 0.3) is 0 Å². The van der Waals surface area contributed by atoms with Crippen LogP contribution in [0.15, 0.2) is 89.2 Å². The number of nitrogens with one attached hydrogen (secondary N) is 1. The molecule has 10 heteroatoms. The molecule has 5 rings (SSSR count). The predicted molar refractivity (Wildman–Crippen MR) is 163 cm³/mol. The summed E-state index contributed by atoms with van der Waals surface area (Å²) in [7, 11) is 0. The van der Waals surface area contributed by atoms with Crippen LogP contribution >= 0.6 is 11.6 Å². The highest BCUT2D eigenvalue weighted by molar-refractivity contribution is 6.31. The van der Waals surface area contributed by atoms with Crippen molar-refractivity contribution >= 4 is 46.0 Å². The van der Waals surface area contributed by atoms with Crippen molar-refractivity contribution in [2.75, 3.05) is 25.1 Å². The minimum atomic E-state index is -0.838. The predicted octanol–water partition coefficient (Wildman–Crippen LogP) is 5.74. The molecule has 1 amide bonds. The molecular weight excluding hydrogens is 554 g/mol. The standard InChI is InChI=1S/C32H32ClN5O4/c1-4-42-32(40)30-25(19-41-18-17-38-21(3)36-24-13-7-8-14-26(24)38)35-20(2)28(29(30)22-11-5-6-12-23(22)33)31(39)37-27-15-9-10-16-34-27/h5-16,28-29H,4,17-19H2,1-3H3,(H,34,37,39). The topological polar surface area (TPSA) is 108 Å². The number of fused-ring (bicyclic) bond motifs is 1. The van der Waals surface area contributed by atoms with Crippen molar-refractivity contribution in [1.29, 1.82) is 0 Å². The van der Waals surface area contributed by atoms with Gasteiger partial charge in [-0.1, -0.05) is 48.0 Å². The lowest BCUT2D eigenvalue weighted by atomic mass is 9.75. The third-order valence-corrected chi connectivity index (χ3v) is 7.54. The van der Waals surface area contributed by atoms with Gasteiger partial charge in [-0.05, 0) is 56.7 Å². The molecule has 0 spiro atoms. The van der Waals surface area contributed by atoms with E-state index in [2.05, 4.69) is 19.9 Å². The third-order valence-electron chi connectivity index (χ3n) is 7.19. The Hall–Kier alpha value is -4.34. The molecule has 0 saturated carbocycles. The number of benzene rings is 2. The van der Waals surface area contributed by atoms with Crippen LogP contribution in [0.5, 0.6) is 0 Å². The molecule has 2 atom stereocenters. The number of para-hydroxylation sites is 2. The molecule has 42 heavy (non-hydrogen) atoms. The van der Waals surface area contributed by atoms with Gasteiger partial charge in [0.15, 0.2) is 0 Å². The van der Waals surface area contributed by atoms with Crippen molar-refractivity contribution in [2.45, 2.75) is 33.2 Å². The van der Waals surface area contributed by atoms with E-state index < -0.39 is 17.8 Å². The van der Waals surface area contributed by atoms with Gasteiger partial charge in [-0.3, -0.25) is 9.79 Å². The van der Waals surface area contributed by atoms with Gasteiger partial charge in [-0.2, -0.15) is 0 Å². The Balaban J connectivity index is 1.47. The lowest BCUT2D eigenvalue weighted by molar-refractivity contribution is -0.139. The molecule has 2 unspecified atom stereocenters. The fourth-order valence-corrected chi connectivity index (χ4v) is 5.59. The summed E-state index contributed by atoms with van der Waals surface area (Å²) in [6.07, 6.45) is 1.59. The zero-order chi connectivity index (χ0) is 29.6. The quantitative estimate of drug-likeness (QED) is 0.188. The van der Waals surface area contributed by atoms with Gasteiger partial charge < -0.3 is 19.4 Å². The van der Waals surface area contributed by atoms with E-state index in [1.165, 1.54) is 0 Å². The molecule has 0 fully saturated rings. The molecule has 4 aromatic rings. The monoisotopic (exact) mass is 585 g/mol. The molecule has 1 N–H and O–H groups in total. The van der Waals surface area contributed by atoms with E-state index in [0.717, 1.165) is 16.9 Å². The summed E-state index contributed by atoms with van der Waals surface area (Å²) >= 11 is 6.68. The maximum absolute atomic E-state index is 13.7. The maximum Gasteiger partial charge on any atom is 0.336 e. The van der Waals surface area contributed by atoms with E-state index in [-0.39, 0.29) is 24.7 Å². The van der Waals surface area contributed by atoms with Gasteiger partial charge in [0.2, 0.25) is 5.91 Å². The molecular formula is C32H32ClN5O4. The number of esters is 1. The summed E-state index contributed by atoms with van der Waals surface area (Å²) in [5, 5.41) is 3.29. The summed E-state index contributed by atoms with van der Waals surface area (Å²) in [6.45, 7) is 6.60. The Morgan fingerprint density at radius 1 is 1.02 bits per heavy atom. The molecule has 216 valence electrons. The number of aromatic nitrogens is 3. The second-order valence-corrected chi connectivity index (χ2v) is 10.3. The number of hydrogen-bond acceptors (Lipinski definition) is 7. The maximum atomic E-state index is 13.7. The van der Waals surface area contributed by atoms with Gasteiger partial charge in [0.05, 0.1) is 48.0 Å². The number of carbonyl (C=O) groups is 2. The van der Waals surface area contributed by atoms with E-state index in [9.17, 15) is 9.59 Å². The SMILES string of the molecule is CCOC(=O)C1=C(COCCn2c(C)nc3ccccc32)N=C(C)C(C(=O)Nc2ccccn2)C1c1ccccc1Cl. The van der Waals surface area contributed by atoms with Crippen molar-refractivity contribution in [1.82, 2.24) is 14.5 Å². The number of carbonyl (C=O) groups excluding carboxylic acids is 2. The van der Waals surface area contributed by atoms with Gasteiger partial charge in [0, 0.05) is 29.4 Å². The normalized spacial score (nSPS) is 16.8. The molecule has 9 nitrogen and oxygen atoms in total. The number of ether oxygens (including phenoxy) is 2. The van der Waals surface area contributed by atoms with E-state index in [0.29, 0.717) is 41.0 Å². The third kappa shape index (κ3) is 6.12. The Morgan fingerprint density at radius 2 is 1.79 bits per heavy atom. The summed E-state index contributed by atoms with van der Waals surface area (Å²) < 4.78 is 13.7. The lowest BCUT2D eigenvalue weighted by Gasteiger charge is -2.33. The van der Waals surface area contributed by atoms with Gasteiger partial charge in [-0.15, -0.1) is 0 Å².